The van der Waals surface area contributed by atoms with E-state index in [2.05, 4.69) is 60.4 Å². The van der Waals surface area contributed by atoms with E-state index in [9.17, 15) is 5.11 Å². The Labute approximate surface area is 199 Å². The van der Waals surface area contributed by atoms with Gasteiger partial charge in [-0.25, -0.2) is 0 Å². The number of hydrogen-bond donors (Lipinski definition) is 1. The Morgan fingerprint density at radius 1 is 0.879 bits per heavy atom. The Kier molecular flexibility index (Phi) is 7.85. The largest absolute Gasteiger partial charge is 0.497 e. The first-order valence-electron chi connectivity index (χ1n) is 12.3. The normalized spacial score (nSPS) is 16.5. The van der Waals surface area contributed by atoms with Crippen molar-refractivity contribution in [3.63, 3.8) is 0 Å². The van der Waals surface area contributed by atoms with E-state index >= 15 is 0 Å². The van der Waals surface area contributed by atoms with Crippen LogP contribution >= 0.6 is 0 Å². The van der Waals surface area contributed by atoms with Gasteiger partial charge in [0.25, 0.3) is 0 Å². The van der Waals surface area contributed by atoms with E-state index < -0.39 is 5.60 Å². The first-order valence-corrected chi connectivity index (χ1v) is 12.3. The third-order valence-electron chi connectivity index (χ3n) is 7.40. The minimum absolute atomic E-state index is 0.219. The van der Waals surface area contributed by atoms with E-state index in [-0.39, 0.29) is 5.92 Å². The molecule has 1 saturated heterocycles. The Hall–Kier alpha value is -2.62. The molecule has 33 heavy (non-hydrogen) atoms. The quantitative estimate of drug-likeness (QED) is 0.426. The van der Waals surface area contributed by atoms with Crippen LogP contribution in [0.3, 0.4) is 0 Å². The molecular formula is C30H37NO2. The number of benzene rings is 3. The fourth-order valence-electron chi connectivity index (χ4n) is 5.32. The van der Waals surface area contributed by atoms with Crippen molar-refractivity contribution in [1.29, 1.82) is 0 Å². The highest BCUT2D eigenvalue weighted by atomic mass is 16.5. The maximum atomic E-state index is 12.0. The van der Waals surface area contributed by atoms with Crippen LogP contribution in [0.5, 0.6) is 5.75 Å². The molecule has 0 saturated carbocycles. The molecule has 174 valence electrons. The van der Waals surface area contributed by atoms with Gasteiger partial charge >= 0.3 is 0 Å². The first-order chi connectivity index (χ1) is 16.1. The third-order valence-corrected chi connectivity index (χ3v) is 7.40. The van der Waals surface area contributed by atoms with Gasteiger partial charge in [0.1, 0.15) is 11.4 Å². The Morgan fingerprint density at radius 3 is 1.94 bits per heavy atom. The molecule has 0 aliphatic carbocycles. The summed E-state index contributed by atoms with van der Waals surface area (Å²) in [6.45, 7) is 5.53. The molecule has 1 N–H and O–H groups in total. The maximum absolute atomic E-state index is 12.0. The summed E-state index contributed by atoms with van der Waals surface area (Å²) < 4.78 is 5.27. The van der Waals surface area contributed by atoms with Crippen molar-refractivity contribution >= 4 is 0 Å². The number of aliphatic hydroxyl groups is 1. The number of hydrogen-bond acceptors (Lipinski definition) is 3. The lowest BCUT2D eigenvalue weighted by atomic mass is 9.72. The fourth-order valence-corrected chi connectivity index (χ4v) is 5.32. The highest BCUT2D eigenvalue weighted by molar-refractivity contribution is 5.37. The van der Waals surface area contributed by atoms with Gasteiger partial charge in [-0.15, -0.1) is 0 Å². The van der Waals surface area contributed by atoms with Crippen molar-refractivity contribution in [2.24, 2.45) is 5.92 Å². The molecule has 4 rings (SSSR count). The summed E-state index contributed by atoms with van der Waals surface area (Å²) in [6.07, 6.45) is 4.40. The summed E-state index contributed by atoms with van der Waals surface area (Å²) >= 11 is 0. The molecule has 0 radical (unpaired) electrons. The lowest BCUT2D eigenvalue weighted by Gasteiger charge is -2.42. The number of rotatable bonds is 9. The van der Waals surface area contributed by atoms with Crippen LogP contribution in [-0.2, 0) is 5.60 Å². The second-order valence-electron chi connectivity index (χ2n) is 9.43. The van der Waals surface area contributed by atoms with Crippen LogP contribution in [-0.4, -0.2) is 36.8 Å². The number of likely N-dealkylation sites (tertiary alicyclic amines) is 1. The zero-order valence-electron chi connectivity index (χ0n) is 20.0. The predicted octanol–water partition coefficient (Wildman–Crippen LogP) is 6.23. The van der Waals surface area contributed by atoms with Gasteiger partial charge < -0.3 is 14.7 Å². The second-order valence-corrected chi connectivity index (χ2v) is 9.43. The van der Waals surface area contributed by atoms with E-state index in [1.165, 1.54) is 18.4 Å². The zero-order valence-corrected chi connectivity index (χ0v) is 20.0. The lowest BCUT2D eigenvalue weighted by Crippen LogP contribution is -2.44. The summed E-state index contributed by atoms with van der Waals surface area (Å²) in [7, 11) is 1.71. The summed E-state index contributed by atoms with van der Waals surface area (Å²) in [5.74, 6) is 1.69. The maximum Gasteiger partial charge on any atom is 0.118 e. The van der Waals surface area contributed by atoms with Crippen LogP contribution in [0.1, 0.15) is 55.2 Å². The summed E-state index contributed by atoms with van der Waals surface area (Å²) in [4.78, 5) is 2.58. The molecule has 1 aliphatic rings. The highest BCUT2D eigenvalue weighted by Crippen LogP contribution is 2.42. The SMILES string of the molecule is COc1ccc(C(C)CCCN2CCC(C(O)(c3ccccc3)c3ccccc3)CC2)cc1. The fraction of sp³-hybridized carbons (Fsp3) is 0.400. The van der Waals surface area contributed by atoms with Crippen LogP contribution < -0.4 is 4.74 Å². The number of nitrogens with zero attached hydrogens (tertiary/aromatic N) is 1. The van der Waals surface area contributed by atoms with Gasteiger partial charge in [0, 0.05) is 0 Å². The average Bonchev–Trinajstić information content (AvgIpc) is 2.89. The molecule has 0 spiro atoms. The Balaban J connectivity index is 1.33. The van der Waals surface area contributed by atoms with E-state index in [1.54, 1.807) is 7.11 Å². The highest BCUT2D eigenvalue weighted by Gasteiger charge is 2.41. The molecule has 0 bridgehead atoms. The molecule has 3 aromatic carbocycles. The predicted molar refractivity (Wildman–Crippen MR) is 136 cm³/mol. The van der Waals surface area contributed by atoms with Crippen molar-refractivity contribution in [3.8, 4) is 5.75 Å². The van der Waals surface area contributed by atoms with Gasteiger partial charge in [0.2, 0.25) is 0 Å². The number of piperidine rings is 1. The van der Waals surface area contributed by atoms with Gasteiger partial charge in [-0.2, -0.15) is 0 Å². The van der Waals surface area contributed by atoms with Gasteiger partial charge in [0.15, 0.2) is 0 Å². The molecule has 1 fully saturated rings. The molecule has 1 heterocycles. The van der Waals surface area contributed by atoms with Crippen LogP contribution in [0.2, 0.25) is 0 Å². The summed E-state index contributed by atoms with van der Waals surface area (Å²) in [6, 6.07) is 28.9. The van der Waals surface area contributed by atoms with Crippen LogP contribution in [0, 0.1) is 5.92 Å². The molecule has 0 aromatic heterocycles. The van der Waals surface area contributed by atoms with Crippen LogP contribution in [0.15, 0.2) is 84.9 Å². The average molecular weight is 444 g/mol. The van der Waals surface area contributed by atoms with Crippen molar-refractivity contribution in [2.75, 3.05) is 26.7 Å². The van der Waals surface area contributed by atoms with Crippen molar-refractivity contribution in [3.05, 3.63) is 102 Å². The summed E-state index contributed by atoms with van der Waals surface area (Å²) in [5, 5.41) is 12.0. The second kappa shape index (κ2) is 11.0. The van der Waals surface area contributed by atoms with E-state index in [0.29, 0.717) is 5.92 Å². The van der Waals surface area contributed by atoms with Crippen molar-refractivity contribution in [1.82, 2.24) is 4.90 Å². The van der Waals surface area contributed by atoms with Crippen molar-refractivity contribution < 1.29 is 9.84 Å². The first kappa shape index (κ1) is 23.5. The molecule has 1 atom stereocenters. The molecule has 3 nitrogen and oxygen atoms in total. The van der Waals surface area contributed by atoms with Gasteiger partial charge in [-0.1, -0.05) is 79.7 Å². The van der Waals surface area contributed by atoms with Crippen molar-refractivity contribution in [2.45, 2.75) is 44.1 Å². The standard InChI is InChI=1S/C30H37NO2/c1-24(25-15-17-29(33-2)18-16-25)10-9-21-31-22-19-28(20-23-31)30(32,26-11-5-3-6-12-26)27-13-7-4-8-14-27/h3-8,11-18,24,28,32H,9-10,19-23H2,1-2H3. The lowest BCUT2D eigenvalue weighted by molar-refractivity contribution is -0.0143. The number of methoxy groups -OCH3 is 1. The van der Waals surface area contributed by atoms with Gasteiger partial charge in [-0.05, 0) is 86.0 Å². The molecule has 1 aliphatic heterocycles. The van der Waals surface area contributed by atoms with E-state index in [1.807, 2.05) is 36.4 Å². The zero-order chi connectivity index (χ0) is 23.1. The molecule has 3 aromatic rings. The minimum Gasteiger partial charge on any atom is -0.497 e. The van der Waals surface area contributed by atoms with E-state index in [4.69, 9.17) is 4.74 Å². The van der Waals surface area contributed by atoms with Gasteiger partial charge in [-0.3, -0.25) is 0 Å². The van der Waals surface area contributed by atoms with Gasteiger partial charge in [0.05, 0.1) is 7.11 Å². The van der Waals surface area contributed by atoms with Crippen LogP contribution in [0.25, 0.3) is 0 Å². The van der Waals surface area contributed by atoms with E-state index in [0.717, 1.165) is 49.4 Å². The Bertz CT molecular complexity index is 924. The smallest absolute Gasteiger partial charge is 0.118 e. The minimum atomic E-state index is -0.933. The molecular weight excluding hydrogens is 406 g/mol. The molecule has 1 unspecified atom stereocenters. The van der Waals surface area contributed by atoms with Crippen LogP contribution in [0.4, 0.5) is 0 Å². The Morgan fingerprint density at radius 2 is 1.42 bits per heavy atom. The third kappa shape index (κ3) is 5.48. The monoisotopic (exact) mass is 443 g/mol. The molecule has 3 heteroatoms. The number of ether oxygens (including phenoxy) is 1. The topological polar surface area (TPSA) is 32.7 Å². The molecule has 0 amide bonds. The summed E-state index contributed by atoms with van der Waals surface area (Å²) in [5.41, 5.74) is 2.45.